The van der Waals surface area contributed by atoms with E-state index < -0.39 is 24.5 Å². The minimum atomic E-state index is -1.06. The van der Waals surface area contributed by atoms with Gasteiger partial charge in [0.05, 0.1) is 16.4 Å². The fourth-order valence-electron chi connectivity index (χ4n) is 6.29. The summed E-state index contributed by atoms with van der Waals surface area (Å²) < 4.78 is 7.96. The van der Waals surface area contributed by atoms with Crippen LogP contribution >= 0.6 is 0 Å². The summed E-state index contributed by atoms with van der Waals surface area (Å²) in [6, 6.07) is 8.80. The Hall–Kier alpha value is -3.05. The van der Waals surface area contributed by atoms with Gasteiger partial charge in [0.15, 0.2) is 6.23 Å². The van der Waals surface area contributed by atoms with Crippen molar-refractivity contribution in [3.05, 3.63) is 48.2 Å². The van der Waals surface area contributed by atoms with Crippen molar-refractivity contribution in [3.63, 3.8) is 0 Å². The van der Waals surface area contributed by atoms with Crippen molar-refractivity contribution in [1.82, 2.24) is 29.4 Å². The molecular weight excluding hydrogens is 506 g/mol. The molecule has 214 valence electrons. The number of anilines is 1. The number of ether oxygens (including phenoxy) is 1. The molecule has 10 nitrogen and oxygen atoms in total. The second-order valence-corrected chi connectivity index (χ2v) is 12.5. The SMILES string of the molecule is CCN(C[C@H]1O[C@@H](n2ccc3c(N)ncnc32)[C@H](O)[C@@H]1O)C1CC(CCc2nc3cc(C(C)(C)C)ccc3[nH]2)C1. The van der Waals surface area contributed by atoms with Crippen molar-refractivity contribution in [2.24, 2.45) is 5.92 Å². The third-order valence-electron chi connectivity index (χ3n) is 8.89. The molecule has 0 unspecified atom stereocenters. The molecule has 1 aliphatic carbocycles. The van der Waals surface area contributed by atoms with E-state index in [1.165, 1.54) is 11.9 Å². The van der Waals surface area contributed by atoms with Crippen molar-refractivity contribution in [1.29, 1.82) is 0 Å². The molecule has 0 bridgehead atoms. The molecule has 0 radical (unpaired) electrons. The number of hydrogen-bond donors (Lipinski definition) is 4. The lowest BCUT2D eigenvalue weighted by Crippen LogP contribution is -2.49. The maximum atomic E-state index is 10.9. The zero-order valence-corrected chi connectivity index (χ0v) is 23.8. The third kappa shape index (κ3) is 4.98. The van der Waals surface area contributed by atoms with E-state index in [4.69, 9.17) is 15.5 Å². The first-order valence-corrected chi connectivity index (χ1v) is 14.4. The highest BCUT2D eigenvalue weighted by atomic mass is 16.6. The van der Waals surface area contributed by atoms with Crippen LogP contribution in [0.25, 0.3) is 22.1 Å². The van der Waals surface area contributed by atoms with Gasteiger partial charge in [-0.05, 0) is 60.9 Å². The van der Waals surface area contributed by atoms with Gasteiger partial charge in [0.25, 0.3) is 0 Å². The Morgan fingerprint density at radius 3 is 2.70 bits per heavy atom. The number of fused-ring (bicyclic) bond motifs is 2. The molecule has 2 aliphatic rings. The molecule has 40 heavy (non-hydrogen) atoms. The molecule has 4 aromatic rings. The smallest absolute Gasteiger partial charge is 0.164 e. The zero-order valence-electron chi connectivity index (χ0n) is 23.8. The molecule has 1 aliphatic heterocycles. The van der Waals surface area contributed by atoms with Crippen LogP contribution in [0.2, 0.25) is 0 Å². The molecule has 0 amide bonds. The van der Waals surface area contributed by atoms with Gasteiger partial charge >= 0.3 is 0 Å². The van der Waals surface area contributed by atoms with Crippen LogP contribution in [0.3, 0.4) is 0 Å². The van der Waals surface area contributed by atoms with Crippen LogP contribution in [0.15, 0.2) is 36.8 Å². The number of benzene rings is 1. The minimum absolute atomic E-state index is 0.109. The van der Waals surface area contributed by atoms with Gasteiger partial charge in [-0.1, -0.05) is 33.8 Å². The summed E-state index contributed by atoms with van der Waals surface area (Å²) in [5.74, 6) is 2.09. The summed E-state index contributed by atoms with van der Waals surface area (Å²) in [5, 5.41) is 22.4. The molecule has 1 saturated heterocycles. The van der Waals surface area contributed by atoms with Gasteiger partial charge in [0.2, 0.25) is 0 Å². The highest BCUT2D eigenvalue weighted by molar-refractivity contribution is 5.86. The lowest BCUT2D eigenvalue weighted by atomic mass is 9.76. The standard InChI is InChI=1S/C30H41N7O3/c1-5-36(15-23-25(38)26(39)29(40-23)37-11-10-20-27(31)32-16-33-28(20)37)19-12-17(13-19)6-9-24-34-21-8-7-18(30(2,3)4)14-22(21)35-24/h7-8,10-11,14,16-17,19,23,25-26,29,38-39H,5-6,9,12-13,15H2,1-4H3,(H,34,35)(H2,31,32,33)/t17?,19?,23-,25-,26-,29-/m1/s1. The lowest BCUT2D eigenvalue weighted by molar-refractivity contribution is -0.0548. The molecule has 0 spiro atoms. The number of aliphatic hydroxyl groups is 2. The summed E-state index contributed by atoms with van der Waals surface area (Å²) in [6.07, 6.45) is 4.18. The van der Waals surface area contributed by atoms with E-state index in [1.54, 1.807) is 10.8 Å². The lowest BCUT2D eigenvalue weighted by Gasteiger charge is -2.43. The normalized spacial score (nSPS) is 27.2. The van der Waals surface area contributed by atoms with Gasteiger partial charge in [0.1, 0.15) is 41.9 Å². The Kier molecular flexibility index (Phi) is 7.06. The maximum Gasteiger partial charge on any atom is 0.164 e. The predicted molar refractivity (Wildman–Crippen MR) is 155 cm³/mol. The van der Waals surface area contributed by atoms with E-state index in [-0.39, 0.29) is 5.41 Å². The maximum absolute atomic E-state index is 10.9. The number of nitrogens with two attached hydrogens (primary N) is 1. The fraction of sp³-hybridized carbons (Fsp3) is 0.567. The topological polar surface area (TPSA) is 138 Å². The predicted octanol–water partition coefficient (Wildman–Crippen LogP) is 3.54. The van der Waals surface area contributed by atoms with Crippen LogP contribution in [-0.4, -0.2) is 77.1 Å². The highest BCUT2D eigenvalue weighted by Crippen LogP contribution is 2.38. The molecule has 1 aromatic carbocycles. The summed E-state index contributed by atoms with van der Waals surface area (Å²) in [4.78, 5) is 19.1. The van der Waals surface area contributed by atoms with E-state index >= 15 is 0 Å². The van der Waals surface area contributed by atoms with E-state index in [1.807, 2.05) is 6.07 Å². The molecule has 4 atom stereocenters. The Labute approximate surface area is 234 Å². The van der Waals surface area contributed by atoms with E-state index in [2.05, 4.69) is 65.7 Å². The second-order valence-electron chi connectivity index (χ2n) is 12.5. The first-order valence-electron chi connectivity index (χ1n) is 14.4. The monoisotopic (exact) mass is 547 g/mol. The molecule has 6 rings (SSSR count). The largest absolute Gasteiger partial charge is 0.387 e. The van der Waals surface area contributed by atoms with Gasteiger partial charge < -0.3 is 30.2 Å². The first kappa shape index (κ1) is 27.1. The number of aryl methyl sites for hydroxylation is 1. The fourth-order valence-corrected chi connectivity index (χ4v) is 6.29. The second kappa shape index (κ2) is 10.4. The summed E-state index contributed by atoms with van der Waals surface area (Å²) in [7, 11) is 0. The Bertz CT molecular complexity index is 1490. The molecule has 3 aromatic heterocycles. The average molecular weight is 548 g/mol. The van der Waals surface area contributed by atoms with E-state index in [9.17, 15) is 10.2 Å². The van der Waals surface area contributed by atoms with E-state index in [0.29, 0.717) is 35.4 Å². The van der Waals surface area contributed by atoms with Gasteiger partial charge in [-0.15, -0.1) is 0 Å². The van der Waals surface area contributed by atoms with Crippen molar-refractivity contribution in [3.8, 4) is 0 Å². The summed E-state index contributed by atoms with van der Waals surface area (Å²) in [6.45, 7) is 10.3. The van der Waals surface area contributed by atoms with Crippen molar-refractivity contribution in [2.45, 2.75) is 89.4 Å². The molecule has 2 fully saturated rings. The number of aromatic amines is 1. The molecule has 5 N–H and O–H groups in total. The number of imidazole rings is 1. The van der Waals surface area contributed by atoms with Crippen molar-refractivity contribution in [2.75, 3.05) is 18.8 Å². The van der Waals surface area contributed by atoms with Gasteiger partial charge in [-0.3, -0.25) is 4.90 Å². The van der Waals surface area contributed by atoms with Crippen LogP contribution in [0.1, 0.15) is 64.6 Å². The van der Waals surface area contributed by atoms with Crippen molar-refractivity contribution < 1.29 is 14.9 Å². The molecule has 4 heterocycles. The molecular formula is C30H41N7O3. The Morgan fingerprint density at radius 1 is 1.15 bits per heavy atom. The van der Waals surface area contributed by atoms with Gasteiger partial charge in [-0.25, -0.2) is 15.0 Å². The van der Waals surface area contributed by atoms with Gasteiger partial charge in [0, 0.05) is 25.2 Å². The van der Waals surface area contributed by atoms with E-state index in [0.717, 1.165) is 49.1 Å². The van der Waals surface area contributed by atoms with Crippen LogP contribution in [-0.2, 0) is 16.6 Å². The number of likely N-dealkylation sites (N-methyl/N-ethyl adjacent to an activating group) is 1. The third-order valence-corrected chi connectivity index (χ3v) is 8.89. The number of nitrogens with zero attached hydrogens (tertiary/aromatic N) is 5. The minimum Gasteiger partial charge on any atom is -0.387 e. The van der Waals surface area contributed by atoms with Crippen LogP contribution in [0, 0.1) is 5.92 Å². The summed E-state index contributed by atoms with van der Waals surface area (Å²) in [5.41, 5.74) is 10.1. The number of rotatable bonds is 8. The van der Waals surface area contributed by atoms with Crippen LogP contribution < -0.4 is 5.73 Å². The molecule has 10 heteroatoms. The Balaban J connectivity index is 1.03. The van der Waals surface area contributed by atoms with Crippen LogP contribution in [0.4, 0.5) is 5.82 Å². The van der Waals surface area contributed by atoms with Gasteiger partial charge in [-0.2, -0.15) is 0 Å². The Morgan fingerprint density at radius 2 is 1.95 bits per heavy atom. The molecule has 1 saturated carbocycles. The number of aliphatic hydroxyl groups excluding tert-OH is 2. The zero-order chi connectivity index (χ0) is 28.2. The number of nitrogen functional groups attached to an aromatic ring is 1. The highest BCUT2D eigenvalue weighted by Gasteiger charge is 2.46. The quantitative estimate of drug-likeness (QED) is 0.263. The van der Waals surface area contributed by atoms with Crippen LogP contribution in [0.5, 0.6) is 0 Å². The summed E-state index contributed by atoms with van der Waals surface area (Å²) >= 11 is 0. The number of hydrogen-bond acceptors (Lipinski definition) is 8. The number of nitrogens with one attached hydrogen (secondary N) is 1. The first-order chi connectivity index (χ1) is 19.1. The number of H-pyrrole nitrogens is 1. The van der Waals surface area contributed by atoms with Crippen molar-refractivity contribution >= 4 is 27.9 Å². The number of aromatic nitrogens is 5. The average Bonchev–Trinajstić information content (AvgIpc) is 3.58.